The second-order valence-electron chi connectivity index (χ2n) is 6.98. The molecule has 3 aromatic rings. The van der Waals surface area contributed by atoms with Gasteiger partial charge in [0.25, 0.3) is 0 Å². The van der Waals surface area contributed by atoms with Gasteiger partial charge in [-0.05, 0) is 49.2 Å². The minimum atomic E-state index is -0.238. The number of nitrogens with one attached hydrogen (secondary N) is 1. The number of carbonyl (C=O) groups excluding carboxylic acids is 1. The van der Waals surface area contributed by atoms with Crippen LogP contribution in [0.1, 0.15) is 36.2 Å². The van der Waals surface area contributed by atoms with E-state index in [0.29, 0.717) is 30.2 Å². The average molecular weight is 413 g/mol. The average Bonchev–Trinajstić information content (AvgIpc) is 3.11. The van der Waals surface area contributed by atoms with Crippen LogP contribution in [0.25, 0.3) is 5.69 Å². The Morgan fingerprint density at radius 3 is 2.79 bits per heavy atom. The second kappa shape index (κ2) is 9.67. The van der Waals surface area contributed by atoms with Gasteiger partial charge in [0.15, 0.2) is 0 Å². The molecule has 0 bridgehead atoms. The Labute approximate surface area is 175 Å². The monoisotopic (exact) mass is 412 g/mol. The van der Waals surface area contributed by atoms with E-state index in [9.17, 15) is 4.79 Å². The Morgan fingerprint density at radius 2 is 2.10 bits per heavy atom. The first kappa shape index (κ1) is 21.0. The molecule has 1 unspecified atom stereocenters. The summed E-state index contributed by atoms with van der Waals surface area (Å²) in [5, 5.41) is 17.1. The predicted octanol–water partition coefficient (Wildman–Crippen LogP) is 3.94. The molecule has 152 valence electrons. The molecule has 2 heterocycles. The van der Waals surface area contributed by atoms with Crippen molar-refractivity contribution < 1.29 is 9.90 Å². The number of carbonyl (C=O) groups is 1. The van der Waals surface area contributed by atoms with Gasteiger partial charge in [0.1, 0.15) is 11.6 Å². The lowest BCUT2D eigenvalue weighted by molar-refractivity contribution is -0.120. The maximum atomic E-state index is 12.8. The summed E-state index contributed by atoms with van der Waals surface area (Å²) in [6, 6.07) is 13.2. The lowest BCUT2D eigenvalue weighted by atomic mass is 9.95. The largest absolute Gasteiger partial charge is 0.395 e. The summed E-state index contributed by atoms with van der Waals surface area (Å²) in [7, 11) is 0. The van der Waals surface area contributed by atoms with E-state index >= 15 is 0 Å². The number of pyridine rings is 1. The highest BCUT2D eigenvalue weighted by Gasteiger charge is 2.17. The van der Waals surface area contributed by atoms with Crippen LogP contribution in [-0.2, 0) is 11.2 Å². The molecule has 0 saturated heterocycles. The molecule has 0 aliphatic heterocycles. The van der Waals surface area contributed by atoms with Crippen LogP contribution in [0.3, 0.4) is 0 Å². The quantitative estimate of drug-likeness (QED) is 0.556. The van der Waals surface area contributed by atoms with Crippen LogP contribution in [-0.4, -0.2) is 38.8 Å². The van der Waals surface area contributed by atoms with Crippen LogP contribution in [0.15, 0.2) is 48.7 Å². The van der Waals surface area contributed by atoms with Gasteiger partial charge in [0, 0.05) is 35.8 Å². The van der Waals surface area contributed by atoms with Gasteiger partial charge in [0.2, 0.25) is 0 Å². The van der Waals surface area contributed by atoms with Crippen molar-refractivity contribution >= 4 is 23.2 Å². The van der Waals surface area contributed by atoms with Gasteiger partial charge in [-0.2, -0.15) is 5.10 Å². The number of aromatic nitrogens is 3. The molecule has 29 heavy (non-hydrogen) atoms. The van der Waals surface area contributed by atoms with Gasteiger partial charge in [-0.3, -0.25) is 4.79 Å². The third-order valence-corrected chi connectivity index (χ3v) is 5.01. The summed E-state index contributed by atoms with van der Waals surface area (Å²) < 4.78 is 1.85. The molecule has 0 spiro atoms. The number of aryl methyl sites for hydroxylation is 2. The molecule has 0 fully saturated rings. The zero-order chi connectivity index (χ0) is 20.8. The molecular formula is C22H25ClN4O2. The molecule has 2 aromatic heterocycles. The van der Waals surface area contributed by atoms with Crippen LogP contribution in [0.5, 0.6) is 0 Å². The summed E-state index contributed by atoms with van der Waals surface area (Å²) in [6.07, 6.45) is 2.72. The molecule has 0 saturated carbocycles. The van der Waals surface area contributed by atoms with Gasteiger partial charge in [0.05, 0.1) is 18.0 Å². The zero-order valence-corrected chi connectivity index (χ0v) is 17.4. The summed E-state index contributed by atoms with van der Waals surface area (Å²) in [5.41, 5.74) is 3.64. The Balaban J connectivity index is 1.66. The summed E-state index contributed by atoms with van der Waals surface area (Å²) in [5.74, 6) is 0.598. The van der Waals surface area contributed by atoms with E-state index in [-0.39, 0.29) is 18.3 Å². The zero-order valence-electron chi connectivity index (χ0n) is 16.6. The van der Waals surface area contributed by atoms with Crippen molar-refractivity contribution in [1.82, 2.24) is 14.8 Å². The van der Waals surface area contributed by atoms with Crippen molar-refractivity contribution in [1.29, 1.82) is 0 Å². The van der Waals surface area contributed by atoms with Crippen LogP contribution in [0.4, 0.5) is 5.82 Å². The number of aliphatic hydroxyl groups excluding tert-OH is 1. The third-order valence-electron chi connectivity index (χ3n) is 4.77. The smallest absolute Gasteiger partial charge is 0.140 e. The van der Waals surface area contributed by atoms with Crippen molar-refractivity contribution in [3.8, 4) is 5.69 Å². The van der Waals surface area contributed by atoms with E-state index in [1.54, 1.807) is 6.20 Å². The number of rotatable bonds is 9. The first-order valence-electron chi connectivity index (χ1n) is 9.63. The predicted molar refractivity (Wildman–Crippen MR) is 115 cm³/mol. The summed E-state index contributed by atoms with van der Waals surface area (Å²) >= 11 is 6.11. The van der Waals surface area contributed by atoms with Gasteiger partial charge in [-0.25, -0.2) is 9.67 Å². The molecule has 0 radical (unpaired) electrons. The second-order valence-corrected chi connectivity index (χ2v) is 7.42. The van der Waals surface area contributed by atoms with E-state index in [0.717, 1.165) is 22.6 Å². The van der Waals surface area contributed by atoms with E-state index in [1.807, 2.05) is 61.0 Å². The first-order valence-corrected chi connectivity index (χ1v) is 10.0. The number of halogens is 1. The molecular weight excluding hydrogens is 388 g/mol. The number of benzene rings is 1. The number of anilines is 1. The van der Waals surface area contributed by atoms with Crippen molar-refractivity contribution in [2.24, 2.45) is 0 Å². The molecule has 3 rings (SSSR count). The van der Waals surface area contributed by atoms with Gasteiger partial charge in [-0.15, -0.1) is 0 Å². The van der Waals surface area contributed by atoms with E-state index in [2.05, 4.69) is 15.4 Å². The standard InChI is InChI=1S/C22H25ClN4O2/c1-15-12-20(27(26-15)19-5-3-4-18(23)13-19)7-8-21(29)16(2)17-6-9-22(25-14-17)24-10-11-28/h3-6,9,12-14,16,28H,7-8,10-11H2,1-2H3,(H,24,25). The van der Waals surface area contributed by atoms with Crippen molar-refractivity contribution in [2.45, 2.75) is 32.6 Å². The number of hydrogen-bond acceptors (Lipinski definition) is 5. The lowest BCUT2D eigenvalue weighted by Gasteiger charge is -2.12. The van der Waals surface area contributed by atoms with E-state index in [4.69, 9.17) is 16.7 Å². The van der Waals surface area contributed by atoms with Crippen molar-refractivity contribution in [3.05, 3.63) is 70.6 Å². The number of aliphatic hydroxyl groups is 1. The Bertz CT molecular complexity index is 969. The van der Waals surface area contributed by atoms with E-state index in [1.165, 1.54) is 0 Å². The Kier molecular flexibility index (Phi) is 7.01. The van der Waals surface area contributed by atoms with Crippen LogP contribution in [0.2, 0.25) is 5.02 Å². The Morgan fingerprint density at radius 1 is 1.28 bits per heavy atom. The number of ketones is 1. The summed E-state index contributed by atoms with van der Waals surface area (Å²) in [4.78, 5) is 17.1. The normalized spacial score (nSPS) is 12.0. The molecule has 2 N–H and O–H groups in total. The van der Waals surface area contributed by atoms with E-state index < -0.39 is 0 Å². The molecule has 1 atom stereocenters. The number of Topliss-reactive ketones (excluding diaryl/α,β-unsaturated/α-hetero) is 1. The van der Waals surface area contributed by atoms with Crippen molar-refractivity contribution in [2.75, 3.05) is 18.5 Å². The molecule has 1 aromatic carbocycles. The summed E-state index contributed by atoms with van der Waals surface area (Å²) in [6.45, 7) is 4.33. The third kappa shape index (κ3) is 5.43. The topological polar surface area (TPSA) is 80.0 Å². The first-order chi connectivity index (χ1) is 14.0. The maximum Gasteiger partial charge on any atom is 0.140 e. The van der Waals surface area contributed by atoms with Crippen LogP contribution in [0, 0.1) is 6.92 Å². The lowest BCUT2D eigenvalue weighted by Crippen LogP contribution is -2.12. The van der Waals surface area contributed by atoms with Gasteiger partial charge < -0.3 is 10.4 Å². The fourth-order valence-electron chi connectivity index (χ4n) is 3.17. The molecule has 6 nitrogen and oxygen atoms in total. The Hall–Kier alpha value is -2.70. The number of hydrogen-bond donors (Lipinski definition) is 2. The number of nitrogens with zero attached hydrogens (tertiary/aromatic N) is 3. The fraction of sp³-hybridized carbons (Fsp3) is 0.318. The minimum Gasteiger partial charge on any atom is -0.395 e. The van der Waals surface area contributed by atoms with Crippen molar-refractivity contribution in [3.63, 3.8) is 0 Å². The van der Waals surface area contributed by atoms with Crippen LogP contribution >= 0.6 is 11.6 Å². The van der Waals surface area contributed by atoms with Gasteiger partial charge >= 0.3 is 0 Å². The van der Waals surface area contributed by atoms with Crippen LogP contribution < -0.4 is 5.32 Å². The molecule has 0 aliphatic rings. The molecule has 0 amide bonds. The minimum absolute atomic E-state index is 0.0452. The molecule has 7 heteroatoms. The highest BCUT2D eigenvalue weighted by Crippen LogP contribution is 2.21. The van der Waals surface area contributed by atoms with Gasteiger partial charge in [-0.1, -0.05) is 30.7 Å². The highest BCUT2D eigenvalue weighted by atomic mass is 35.5. The molecule has 0 aliphatic carbocycles. The SMILES string of the molecule is Cc1cc(CCC(=O)C(C)c2ccc(NCCO)nc2)n(-c2cccc(Cl)c2)n1. The highest BCUT2D eigenvalue weighted by molar-refractivity contribution is 6.30. The fourth-order valence-corrected chi connectivity index (χ4v) is 3.35. The maximum absolute atomic E-state index is 12.8.